The molecule has 0 atom stereocenters. The van der Waals surface area contributed by atoms with E-state index in [4.69, 9.17) is 4.74 Å². The maximum Gasteiger partial charge on any atom is 0.306 e. The SMILES string of the molecule is O=C(CCc1ccc(O)cc1O)OCC1CCC(O)CC1. The molecule has 21 heavy (non-hydrogen) atoms. The molecule has 0 aliphatic heterocycles. The summed E-state index contributed by atoms with van der Waals surface area (Å²) in [4.78, 5) is 11.7. The molecule has 5 heteroatoms. The number of ether oxygens (including phenoxy) is 1. The lowest BCUT2D eigenvalue weighted by Gasteiger charge is -2.24. The van der Waals surface area contributed by atoms with Gasteiger partial charge in [0.15, 0.2) is 0 Å². The second kappa shape index (κ2) is 7.31. The van der Waals surface area contributed by atoms with Gasteiger partial charge in [0.05, 0.1) is 12.7 Å². The van der Waals surface area contributed by atoms with Gasteiger partial charge < -0.3 is 20.1 Å². The molecule has 1 saturated carbocycles. The summed E-state index contributed by atoms with van der Waals surface area (Å²) in [7, 11) is 0. The maximum atomic E-state index is 11.7. The van der Waals surface area contributed by atoms with E-state index < -0.39 is 0 Å². The molecule has 0 heterocycles. The molecular formula is C16H22O5. The molecule has 0 amide bonds. The van der Waals surface area contributed by atoms with E-state index in [0.717, 1.165) is 25.7 Å². The van der Waals surface area contributed by atoms with Crippen molar-refractivity contribution < 1.29 is 24.9 Å². The lowest BCUT2D eigenvalue weighted by molar-refractivity contribution is -0.145. The number of rotatable bonds is 5. The van der Waals surface area contributed by atoms with E-state index in [2.05, 4.69) is 0 Å². The molecule has 5 nitrogen and oxygen atoms in total. The summed E-state index contributed by atoms with van der Waals surface area (Å²) in [5.74, 6) is 0.0513. The number of hydrogen-bond acceptors (Lipinski definition) is 5. The maximum absolute atomic E-state index is 11.7. The van der Waals surface area contributed by atoms with Gasteiger partial charge in [0.2, 0.25) is 0 Å². The summed E-state index contributed by atoms with van der Waals surface area (Å²) in [6, 6.07) is 4.34. The van der Waals surface area contributed by atoms with Gasteiger partial charge in [-0.15, -0.1) is 0 Å². The number of carbonyl (C=O) groups excluding carboxylic acids is 1. The molecule has 1 aliphatic rings. The molecule has 0 unspecified atom stereocenters. The zero-order valence-corrected chi connectivity index (χ0v) is 12.0. The van der Waals surface area contributed by atoms with Crippen LogP contribution in [0.5, 0.6) is 11.5 Å². The zero-order valence-electron chi connectivity index (χ0n) is 12.0. The highest BCUT2D eigenvalue weighted by atomic mass is 16.5. The summed E-state index contributed by atoms with van der Waals surface area (Å²) in [6.07, 6.45) is 3.74. The third-order valence-electron chi connectivity index (χ3n) is 3.96. The fourth-order valence-corrected chi connectivity index (χ4v) is 2.59. The average Bonchev–Trinajstić information content (AvgIpc) is 2.46. The van der Waals surface area contributed by atoms with Gasteiger partial charge in [-0.25, -0.2) is 0 Å². The Labute approximate surface area is 124 Å². The molecule has 0 aromatic heterocycles. The van der Waals surface area contributed by atoms with E-state index in [1.54, 1.807) is 6.07 Å². The van der Waals surface area contributed by atoms with Crippen molar-refractivity contribution in [2.24, 2.45) is 5.92 Å². The van der Waals surface area contributed by atoms with Crippen LogP contribution < -0.4 is 0 Å². The zero-order chi connectivity index (χ0) is 15.2. The van der Waals surface area contributed by atoms with Crippen LogP contribution in [-0.2, 0) is 16.0 Å². The van der Waals surface area contributed by atoms with Gasteiger partial charge in [-0.3, -0.25) is 4.79 Å². The van der Waals surface area contributed by atoms with Crippen molar-refractivity contribution in [1.29, 1.82) is 0 Å². The number of aromatic hydroxyl groups is 2. The van der Waals surface area contributed by atoms with Gasteiger partial charge in [0.1, 0.15) is 11.5 Å². The summed E-state index contributed by atoms with van der Waals surface area (Å²) in [5, 5.41) is 28.2. The van der Waals surface area contributed by atoms with E-state index in [1.807, 2.05) is 0 Å². The fourth-order valence-electron chi connectivity index (χ4n) is 2.59. The van der Waals surface area contributed by atoms with Gasteiger partial charge >= 0.3 is 5.97 Å². The van der Waals surface area contributed by atoms with Crippen molar-refractivity contribution in [1.82, 2.24) is 0 Å². The van der Waals surface area contributed by atoms with Crippen molar-refractivity contribution >= 4 is 5.97 Å². The Morgan fingerprint density at radius 1 is 1.19 bits per heavy atom. The highest BCUT2D eigenvalue weighted by molar-refractivity contribution is 5.69. The Balaban J connectivity index is 1.70. The number of phenols is 2. The standard InChI is InChI=1S/C16H22O5/c17-13-5-1-11(2-6-13)10-21-16(20)8-4-12-3-7-14(18)9-15(12)19/h3,7,9,11,13,17-19H,1-2,4-6,8,10H2. The second-order valence-corrected chi connectivity index (χ2v) is 5.67. The van der Waals surface area contributed by atoms with Crippen molar-refractivity contribution in [2.75, 3.05) is 6.61 Å². The average molecular weight is 294 g/mol. The Morgan fingerprint density at radius 3 is 2.57 bits per heavy atom. The van der Waals surface area contributed by atoms with Crippen LogP contribution in [0.3, 0.4) is 0 Å². The minimum absolute atomic E-state index is 0.00156. The van der Waals surface area contributed by atoms with Crippen molar-refractivity contribution in [2.45, 2.75) is 44.6 Å². The van der Waals surface area contributed by atoms with Crippen LogP contribution in [0.4, 0.5) is 0 Å². The normalized spacial score (nSPS) is 22.0. The molecule has 0 bridgehead atoms. The molecule has 0 saturated heterocycles. The van der Waals surface area contributed by atoms with E-state index in [-0.39, 0.29) is 30.0 Å². The predicted octanol–water partition coefficient (Wildman–Crippen LogP) is 2.12. The van der Waals surface area contributed by atoms with Crippen molar-refractivity contribution in [3.63, 3.8) is 0 Å². The molecule has 1 fully saturated rings. The van der Waals surface area contributed by atoms with Crippen LogP contribution in [0.15, 0.2) is 18.2 Å². The Bertz CT molecular complexity index is 478. The molecule has 1 aromatic carbocycles. The van der Waals surface area contributed by atoms with Crippen molar-refractivity contribution in [3.8, 4) is 11.5 Å². The Hall–Kier alpha value is -1.75. The number of aliphatic hydroxyl groups is 1. The molecule has 0 radical (unpaired) electrons. The highest BCUT2D eigenvalue weighted by Gasteiger charge is 2.20. The monoisotopic (exact) mass is 294 g/mol. The summed E-state index contributed by atoms with van der Waals surface area (Å²) in [6.45, 7) is 0.410. The first kappa shape index (κ1) is 15.6. The largest absolute Gasteiger partial charge is 0.508 e. The van der Waals surface area contributed by atoms with Crippen LogP contribution in [0.2, 0.25) is 0 Å². The summed E-state index contributed by atoms with van der Waals surface area (Å²) >= 11 is 0. The summed E-state index contributed by atoms with van der Waals surface area (Å²) in [5.41, 5.74) is 0.616. The molecule has 2 rings (SSSR count). The van der Waals surface area contributed by atoms with E-state index >= 15 is 0 Å². The first-order valence-corrected chi connectivity index (χ1v) is 7.39. The predicted molar refractivity (Wildman–Crippen MR) is 77.0 cm³/mol. The minimum Gasteiger partial charge on any atom is -0.508 e. The van der Waals surface area contributed by atoms with Crippen LogP contribution in [-0.4, -0.2) is 34.0 Å². The quantitative estimate of drug-likeness (QED) is 0.724. The molecule has 1 aromatic rings. The van der Waals surface area contributed by atoms with E-state index in [0.29, 0.717) is 24.5 Å². The van der Waals surface area contributed by atoms with Crippen LogP contribution in [0.25, 0.3) is 0 Å². The number of phenolic OH excluding ortho intramolecular Hbond substituents is 2. The Morgan fingerprint density at radius 2 is 1.90 bits per heavy atom. The van der Waals surface area contributed by atoms with Crippen LogP contribution in [0, 0.1) is 5.92 Å². The highest BCUT2D eigenvalue weighted by Crippen LogP contribution is 2.25. The number of benzene rings is 1. The molecule has 0 spiro atoms. The topological polar surface area (TPSA) is 87.0 Å². The molecular weight excluding hydrogens is 272 g/mol. The first-order chi connectivity index (χ1) is 10.0. The smallest absolute Gasteiger partial charge is 0.306 e. The minimum atomic E-state index is -0.284. The van der Waals surface area contributed by atoms with Gasteiger partial charge in [0, 0.05) is 12.5 Å². The molecule has 1 aliphatic carbocycles. The summed E-state index contributed by atoms with van der Waals surface area (Å²) < 4.78 is 5.25. The van der Waals surface area contributed by atoms with E-state index in [9.17, 15) is 20.1 Å². The van der Waals surface area contributed by atoms with Gasteiger partial charge in [-0.05, 0) is 49.7 Å². The second-order valence-electron chi connectivity index (χ2n) is 5.67. The Kier molecular flexibility index (Phi) is 5.44. The van der Waals surface area contributed by atoms with Gasteiger partial charge in [-0.2, -0.15) is 0 Å². The number of hydrogen-bond donors (Lipinski definition) is 3. The van der Waals surface area contributed by atoms with Gasteiger partial charge in [0.25, 0.3) is 0 Å². The molecule has 116 valence electrons. The van der Waals surface area contributed by atoms with E-state index in [1.165, 1.54) is 12.1 Å². The fraction of sp³-hybridized carbons (Fsp3) is 0.562. The van der Waals surface area contributed by atoms with Crippen molar-refractivity contribution in [3.05, 3.63) is 23.8 Å². The first-order valence-electron chi connectivity index (χ1n) is 7.39. The third-order valence-corrected chi connectivity index (χ3v) is 3.96. The number of aryl methyl sites for hydroxylation is 1. The van der Waals surface area contributed by atoms with Crippen LogP contribution in [0.1, 0.15) is 37.7 Å². The lowest BCUT2D eigenvalue weighted by atomic mass is 9.88. The third kappa shape index (κ3) is 4.93. The van der Waals surface area contributed by atoms with Gasteiger partial charge in [-0.1, -0.05) is 6.07 Å². The number of carbonyl (C=O) groups is 1. The lowest BCUT2D eigenvalue weighted by Crippen LogP contribution is -2.23. The number of esters is 1. The van der Waals surface area contributed by atoms with Crippen LogP contribution >= 0.6 is 0 Å². The molecule has 3 N–H and O–H groups in total. The number of aliphatic hydroxyl groups excluding tert-OH is 1.